The van der Waals surface area contributed by atoms with E-state index in [1.54, 1.807) is 6.07 Å². The van der Waals surface area contributed by atoms with Gasteiger partial charge in [0.25, 0.3) is 0 Å². The number of pyridine rings is 1. The van der Waals surface area contributed by atoms with Crippen LogP contribution in [0.25, 0.3) is 0 Å². The SMILES string of the molecule is CC(Sc1nc(N)cc(Cl)n1)c1cc2c(cn1)SCC2(C)C. The average Bonchev–Trinajstić information content (AvgIpc) is 2.73. The number of thioether (sulfide) groups is 2. The van der Waals surface area contributed by atoms with Crippen LogP contribution in [0.1, 0.15) is 37.3 Å². The van der Waals surface area contributed by atoms with Crippen molar-refractivity contribution in [2.24, 2.45) is 0 Å². The molecule has 3 rings (SSSR count). The predicted octanol–water partition coefficient (Wildman–Crippen LogP) is 4.34. The molecule has 0 spiro atoms. The first-order chi connectivity index (χ1) is 10.3. The van der Waals surface area contributed by atoms with Crippen molar-refractivity contribution in [1.82, 2.24) is 15.0 Å². The fourth-order valence-corrected chi connectivity index (χ4v) is 4.75. The van der Waals surface area contributed by atoms with E-state index in [0.29, 0.717) is 16.1 Å². The lowest BCUT2D eigenvalue weighted by Gasteiger charge is -2.19. The molecule has 7 heteroatoms. The van der Waals surface area contributed by atoms with Crippen LogP contribution in [-0.4, -0.2) is 20.7 Å². The van der Waals surface area contributed by atoms with Crippen molar-refractivity contribution >= 4 is 40.9 Å². The molecule has 0 bridgehead atoms. The van der Waals surface area contributed by atoms with Crippen molar-refractivity contribution in [3.63, 3.8) is 0 Å². The third-order valence-corrected chi connectivity index (χ3v) is 6.28. The Labute approximate surface area is 143 Å². The van der Waals surface area contributed by atoms with E-state index in [-0.39, 0.29) is 10.7 Å². The number of nitrogens with two attached hydrogens (primary N) is 1. The van der Waals surface area contributed by atoms with Crippen LogP contribution in [0.3, 0.4) is 0 Å². The minimum Gasteiger partial charge on any atom is -0.384 e. The number of hydrogen-bond donors (Lipinski definition) is 1. The van der Waals surface area contributed by atoms with E-state index in [2.05, 4.69) is 41.8 Å². The van der Waals surface area contributed by atoms with Gasteiger partial charge >= 0.3 is 0 Å². The van der Waals surface area contributed by atoms with Gasteiger partial charge in [0.15, 0.2) is 5.16 Å². The maximum Gasteiger partial charge on any atom is 0.191 e. The van der Waals surface area contributed by atoms with E-state index in [1.807, 2.05) is 18.0 Å². The number of hydrogen-bond acceptors (Lipinski definition) is 6. The lowest BCUT2D eigenvalue weighted by molar-refractivity contribution is 0.601. The van der Waals surface area contributed by atoms with E-state index in [4.69, 9.17) is 17.3 Å². The number of nitrogens with zero attached hydrogens (tertiary/aromatic N) is 3. The maximum absolute atomic E-state index is 5.93. The monoisotopic (exact) mass is 352 g/mol. The van der Waals surface area contributed by atoms with Crippen LogP contribution in [0.2, 0.25) is 5.15 Å². The Balaban J connectivity index is 1.85. The molecule has 0 aromatic carbocycles. The molecule has 2 aromatic rings. The van der Waals surface area contributed by atoms with Crippen molar-refractivity contribution < 1.29 is 0 Å². The first kappa shape index (κ1) is 15.9. The summed E-state index contributed by atoms with van der Waals surface area (Å²) in [5.41, 5.74) is 8.31. The third kappa shape index (κ3) is 3.19. The molecule has 1 aliphatic heterocycles. The van der Waals surface area contributed by atoms with Gasteiger partial charge in [-0.05, 0) is 18.6 Å². The van der Waals surface area contributed by atoms with E-state index < -0.39 is 0 Å². The van der Waals surface area contributed by atoms with Crippen LogP contribution in [0, 0.1) is 0 Å². The molecule has 0 fully saturated rings. The molecule has 116 valence electrons. The first-order valence-corrected chi connectivity index (χ1v) is 9.19. The summed E-state index contributed by atoms with van der Waals surface area (Å²) in [6, 6.07) is 3.75. The van der Waals surface area contributed by atoms with Gasteiger partial charge in [0, 0.05) is 28.3 Å². The predicted molar refractivity (Wildman–Crippen MR) is 93.7 cm³/mol. The molecule has 1 atom stereocenters. The quantitative estimate of drug-likeness (QED) is 0.503. The zero-order chi connectivity index (χ0) is 15.9. The highest BCUT2D eigenvalue weighted by Gasteiger charge is 2.31. The Morgan fingerprint density at radius 2 is 2.14 bits per heavy atom. The maximum atomic E-state index is 5.93. The number of aromatic nitrogens is 3. The van der Waals surface area contributed by atoms with Gasteiger partial charge in [-0.2, -0.15) is 0 Å². The second kappa shape index (κ2) is 5.91. The van der Waals surface area contributed by atoms with Crippen molar-refractivity contribution in [3.05, 3.63) is 34.7 Å². The minimum absolute atomic E-state index is 0.129. The molecule has 4 nitrogen and oxygen atoms in total. The fourth-order valence-electron chi connectivity index (χ4n) is 2.35. The van der Waals surface area contributed by atoms with E-state index in [9.17, 15) is 0 Å². The standard InChI is InChI=1S/C15H17ClN4S2/c1-8(22-14-19-12(16)5-13(17)20-14)10-4-9-11(6-18-10)21-7-15(9,2)3/h4-6,8H,7H2,1-3H3,(H2,17,19,20). The largest absolute Gasteiger partial charge is 0.384 e. The summed E-state index contributed by atoms with van der Waals surface area (Å²) >= 11 is 9.32. The molecular weight excluding hydrogens is 336 g/mol. The molecule has 2 aromatic heterocycles. The van der Waals surface area contributed by atoms with Crippen LogP contribution >= 0.6 is 35.1 Å². The van der Waals surface area contributed by atoms with E-state index in [1.165, 1.54) is 22.2 Å². The lowest BCUT2D eigenvalue weighted by atomic mass is 9.87. The van der Waals surface area contributed by atoms with Crippen molar-refractivity contribution in [2.75, 3.05) is 11.5 Å². The number of anilines is 1. The first-order valence-electron chi connectivity index (χ1n) is 6.95. The topological polar surface area (TPSA) is 64.7 Å². The van der Waals surface area contributed by atoms with Gasteiger partial charge in [0.05, 0.1) is 10.9 Å². The number of fused-ring (bicyclic) bond motifs is 1. The van der Waals surface area contributed by atoms with Gasteiger partial charge in [-0.1, -0.05) is 37.2 Å². The van der Waals surface area contributed by atoms with Gasteiger partial charge in [0.2, 0.25) is 0 Å². The highest BCUT2D eigenvalue weighted by atomic mass is 35.5. The van der Waals surface area contributed by atoms with E-state index >= 15 is 0 Å². The average molecular weight is 353 g/mol. The van der Waals surface area contributed by atoms with Gasteiger partial charge < -0.3 is 5.73 Å². The highest BCUT2D eigenvalue weighted by molar-refractivity contribution is 7.99. The van der Waals surface area contributed by atoms with Crippen LogP contribution in [0.4, 0.5) is 5.82 Å². The second-order valence-corrected chi connectivity index (χ2v) is 8.65. The van der Waals surface area contributed by atoms with Gasteiger partial charge in [-0.3, -0.25) is 4.98 Å². The van der Waals surface area contributed by atoms with Crippen LogP contribution in [0.15, 0.2) is 28.4 Å². The molecule has 0 amide bonds. The summed E-state index contributed by atoms with van der Waals surface area (Å²) in [4.78, 5) is 14.3. The summed E-state index contributed by atoms with van der Waals surface area (Å²) in [5.74, 6) is 1.48. The van der Waals surface area contributed by atoms with Gasteiger partial charge in [0.1, 0.15) is 11.0 Å². The van der Waals surface area contributed by atoms with Crippen LogP contribution in [-0.2, 0) is 5.41 Å². The normalized spacial score (nSPS) is 17.3. The van der Waals surface area contributed by atoms with Gasteiger partial charge in [-0.25, -0.2) is 9.97 Å². The Kier molecular flexibility index (Phi) is 4.27. The summed E-state index contributed by atoms with van der Waals surface area (Å²) in [5, 5.41) is 1.07. The number of rotatable bonds is 3. The smallest absolute Gasteiger partial charge is 0.191 e. The number of nitrogen functional groups attached to an aromatic ring is 1. The Morgan fingerprint density at radius 1 is 1.36 bits per heavy atom. The van der Waals surface area contributed by atoms with E-state index in [0.717, 1.165) is 11.4 Å². The summed E-state index contributed by atoms with van der Waals surface area (Å²) in [6.07, 6.45) is 1.98. The fraction of sp³-hybridized carbons (Fsp3) is 0.400. The Bertz CT molecular complexity index is 700. The zero-order valence-electron chi connectivity index (χ0n) is 12.6. The second-order valence-electron chi connectivity index (χ2n) is 5.94. The Morgan fingerprint density at radius 3 is 2.86 bits per heavy atom. The van der Waals surface area contributed by atoms with Crippen molar-refractivity contribution in [2.45, 2.75) is 41.5 Å². The molecule has 0 saturated heterocycles. The van der Waals surface area contributed by atoms with Crippen molar-refractivity contribution in [1.29, 1.82) is 0 Å². The molecule has 1 aliphatic rings. The zero-order valence-corrected chi connectivity index (χ0v) is 15.0. The molecule has 0 saturated carbocycles. The highest BCUT2D eigenvalue weighted by Crippen LogP contribution is 2.44. The third-order valence-electron chi connectivity index (χ3n) is 3.60. The Hall–Kier alpha value is -0.980. The van der Waals surface area contributed by atoms with Crippen molar-refractivity contribution in [3.8, 4) is 0 Å². The lowest BCUT2D eigenvalue weighted by Crippen LogP contribution is -2.16. The molecule has 0 radical (unpaired) electrons. The molecule has 3 heterocycles. The molecular formula is C15H17ClN4S2. The minimum atomic E-state index is 0.129. The molecule has 2 N–H and O–H groups in total. The molecule has 22 heavy (non-hydrogen) atoms. The number of halogens is 1. The molecule has 1 unspecified atom stereocenters. The van der Waals surface area contributed by atoms with Crippen LogP contribution < -0.4 is 5.73 Å². The summed E-state index contributed by atoms with van der Waals surface area (Å²) in [7, 11) is 0. The summed E-state index contributed by atoms with van der Waals surface area (Å²) < 4.78 is 0. The summed E-state index contributed by atoms with van der Waals surface area (Å²) in [6.45, 7) is 6.64. The van der Waals surface area contributed by atoms with Gasteiger partial charge in [-0.15, -0.1) is 11.8 Å². The van der Waals surface area contributed by atoms with Crippen LogP contribution in [0.5, 0.6) is 0 Å². The molecule has 0 aliphatic carbocycles.